The lowest BCUT2D eigenvalue weighted by atomic mass is 10.1. The van der Waals surface area contributed by atoms with Gasteiger partial charge in [0.05, 0.1) is 11.8 Å². The highest BCUT2D eigenvalue weighted by atomic mass is 32.2. The highest BCUT2D eigenvalue weighted by Crippen LogP contribution is 2.27. The van der Waals surface area contributed by atoms with Crippen molar-refractivity contribution in [2.45, 2.75) is 18.2 Å². The van der Waals surface area contributed by atoms with E-state index in [9.17, 15) is 4.79 Å². The normalized spacial score (nSPS) is 19.1. The first-order valence-electron chi connectivity index (χ1n) is 7.90. The molecule has 1 amide bonds. The Labute approximate surface area is 144 Å². The zero-order valence-electron chi connectivity index (χ0n) is 13.0. The second-order valence-corrected chi connectivity index (χ2v) is 6.96. The molecule has 2 heterocycles. The predicted octanol–water partition coefficient (Wildman–Crippen LogP) is 3.50. The second-order valence-electron chi connectivity index (χ2n) is 5.77. The summed E-state index contributed by atoms with van der Waals surface area (Å²) < 4.78 is 0. The Kier molecular flexibility index (Phi) is 4.09. The van der Waals surface area contributed by atoms with Crippen LogP contribution in [0.2, 0.25) is 0 Å². The van der Waals surface area contributed by atoms with E-state index in [4.69, 9.17) is 0 Å². The van der Waals surface area contributed by atoms with E-state index >= 15 is 0 Å². The number of amides is 1. The molecule has 1 unspecified atom stereocenters. The minimum atomic E-state index is -0.126. The SMILES string of the molecule is O=C1NC(=NCc2ccccc2)SC1Cc1c[nH]c2ccccc12. The number of aromatic nitrogens is 1. The highest BCUT2D eigenvalue weighted by molar-refractivity contribution is 8.15. The lowest BCUT2D eigenvalue weighted by molar-refractivity contribution is -0.118. The summed E-state index contributed by atoms with van der Waals surface area (Å²) in [5, 5.41) is 4.67. The fourth-order valence-electron chi connectivity index (χ4n) is 2.86. The van der Waals surface area contributed by atoms with Crippen LogP contribution in [0.5, 0.6) is 0 Å². The molecule has 0 bridgehead atoms. The summed E-state index contributed by atoms with van der Waals surface area (Å²) in [4.78, 5) is 20.0. The number of aliphatic imine (C=N–C) groups is 1. The number of aromatic amines is 1. The van der Waals surface area contributed by atoms with Gasteiger partial charge in [0.15, 0.2) is 5.17 Å². The molecular weight excluding hydrogens is 318 g/mol. The molecule has 1 aromatic heterocycles. The van der Waals surface area contributed by atoms with Crippen molar-refractivity contribution in [1.82, 2.24) is 10.3 Å². The van der Waals surface area contributed by atoms with Crippen LogP contribution in [-0.4, -0.2) is 21.3 Å². The number of H-pyrrole nitrogens is 1. The molecule has 5 heteroatoms. The van der Waals surface area contributed by atoms with E-state index in [-0.39, 0.29) is 11.2 Å². The van der Waals surface area contributed by atoms with E-state index in [0.717, 1.165) is 11.1 Å². The maximum Gasteiger partial charge on any atom is 0.239 e. The van der Waals surface area contributed by atoms with Crippen molar-refractivity contribution in [2.75, 3.05) is 0 Å². The van der Waals surface area contributed by atoms with E-state index in [2.05, 4.69) is 21.4 Å². The first-order valence-corrected chi connectivity index (χ1v) is 8.78. The number of nitrogens with one attached hydrogen (secondary N) is 2. The van der Waals surface area contributed by atoms with Crippen molar-refractivity contribution in [3.63, 3.8) is 0 Å². The van der Waals surface area contributed by atoms with Crippen LogP contribution in [-0.2, 0) is 17.8 Å². The lowest BCUT2D eigenvalue weighted by Crippen LogP contribution is -2.26. The molecule has 0 spiro atoms. The third kappa shape index (κ3) is 3.08. The molecule has 2 aromatic carbocycles. The number of thioether (sulfide) groups is 1. The van der Waals surface area contributed by atoms with Gasteiger partial charge in [-0.25, -0.2) is 0 Å². The molecule has 24 heavy (non-hydrogen) atoms. The topological polar surface area (TPSA) is 57.2 Å². The first-order chi connectivity index (χ1) is 11.8. The molecule has 3 aromatic rings. The summed E-state index contributed by atoms with van der Waals surface area (Å²) in [7, 11) is 0. The Morgan fingerprint density at radius 2 is 1.83 bits per heavy atom. The molecule has 0 radical (unpaired) electrons. The van der Waals surface area contributed by atoms with Gasteiger partial charge >= 0.3 is 0 Å². The predicted molar refractivity (Wildman–Crippen MR) is 99.1 cm³/mol. The minimum Gasteiger partial charge on any atom is -0.361 e. The van der Waals surface area contributed by atoms with Gasteiger partial charge in [-0.2, -0.15) is 0 Å². The molecule has 0 aliphatic carbocycles. The Bertz CT molecular complexity index is 901. The number of fused-ring (bicyclic) bond motifs is 1. The largest absolute Gasteiger partial charge is 0.361 e. The zero-order chi connectivity index (χ0) is 16.4. The van der Waals surface area contributed by atoms with Gasteiger partial charge in [0, 0.05) is 17.1 Å². The molecule has 4 nitrogen and oxygen atoms in total. The van der Waals surface area contributed by atoms with Gasteiger partial charge in [0.2, 0.25) is 5.91 Å². The molecule has 2 N–H and O–H groups in total. The van der Waals surface area contributed by atoms with Crippen LogP contribution in [0.25, 0.3) is 10.9 Å². The summed E-state index contributed by atoms with van der Waals surface area (Å²) in [6, 6.07) is 18.2. The fourth-order valence-corrected chi connectivity index (χ4v) is 3.86. The number of hydrogen-bond acceptors (Lipinski definition) is 3. The highest BCUT2D eigenvalue weighted by Gasteiger charge is 2.30. The van der Waals surface area contributed by atoms with Crippen molar-refractivity contribution in [3.8, 4) is 0 Å². The fraction of sp³-hybridized carbons (Fsp3) is 0.158. The van der Waals surface area contributed by atoms with Gasteiger partial charge in [0.25, 0.3) is 0 Å². The van der Waals surface area contributed by atoms with Crippen LogP contribution in [0.4, 0.5) is 0 Å². The number of rotatable bonds is 4. The number of carbonyl (C=O) groups is 1. The lowest BCUT2D eigenvalue weighted by Gasteiger charge is -2.03. The number of carbonyl (C=O) groups excluding carboxylic acids is 1. The smallest absolute Gasteiger partial charge is 0.239 e. The van der Waals surface area contributed by atoms with Gasteiger partial charge in [-0.15, -0.1) is 0 Å². The van der Waals surface area contributed by atoms with Gasteiger partial charge in [0.1, 0.15) is 0 Å². The summed E-state index contributed by atoms with van der Waals surface area (Å²) in [6.45, 7) is 0.587. The first kappa shape index (κ1) is 15.0. The molecule has 1 aliphatic heterocycles. The minimum absolute atomic E-state index is 0.0390. The van der Waals surface area contributed by atoms with Crippen molar-refractivity contribution in [1.29, 1.82) is 0 Å². The maximum absolute atomic E-state index is 12.2. The Morgan fingerprint density at radius 1 is 1.04 bits per heavy atom. The molecule has 1 aliphatic rings. The molecule has 1 fully saturated rings. The summed E-state index contributed by atoms with van der Waals surface area (Å²) in [6.07, 6.45) is 2.70. The third-order valence-electron chi connectivity index (χ3n) is 4.10. The van der Waals surface area contributed by atoms with E-state index in [1.807, 2.05) is 54.7 Å². The van der Waals surface area contributed by atoms with Gasteiger partial charge in [-0.1, -0.05) is 60.3 Å². The maximum atomic E-state index is 12.2. The number of para-hydroxylation sites is 1. The van der Waals surface area contributed by atoms with E-state index in [1.165, 1.54) is 22.7 Å². The Balaban J connectivity index is 1.46. The second kappa shape index (κ2) is 6.53. The van der Waals surface area contributed by atoms with E-state index in [1.54, 1.807) is 0 Å². The van der Waals surface area contributed by atoms with Crippen LogP contribution < -0.4 is 5.32 Å². The van der Waals surface area contributed by atoms with Crippen molar-refractivity contribution >= 4 is 33.7 Å². The molecule has 0 saturated carbocycles. The van der Waals surface area contributed by atoms with E-state index < -0.39 is 0 Å². The molecule has 120 valence electrons. The van der Waals surface area contributed by atoms with Gasteiger partial charge in [-0.05, 0) is 23.6 Å². The standard InChI is InChI=1S/C19H17N3OS/c23-18-17(10-14-12-20-16-9-5-4-8-15(14)16)24-19(22-18)21-11-13-6-2-1-3-7-13/h1-9,12,17,20H,10-11H2,(H,21,22,23). The van der Waals surface area contributed by atoms with Crippen LogP contribution >= 0.6 is 11.8 Å². The summed E-state index contributed by atoms with van der Waals surface area (Å²) in [5.41, 5.74) is 3.41. The van der Waals surface area contributed by atoms with E-state index in [0.29, 0.717) is 18.1 Å². The van der Waals surface area contributed by atoms with Gasteiger partial charge in [-0.3, -0.25) is 9.79 Å². The molecule has 4 rings (SSSR count). The van der Waals surface area contributed by atoms with Crippen LogP contribution in [0.1, 0.15) is 11.1 Å². The quantitative estimate of drug-likeness (QED) is 0.767. The Hall–Kier alpha value is -2.53. The van der Waals surface area contributed by atoms with Gasteiger partial charge < -0.3 is 10.3 Å². The number of nitrogens with zero attached hydrogens (tertiary/aromatic N) is 1. The average Bonchev–Trinajstić information content (AvgIpc) is 3.18. The summed E-state index contributed by atoms with van der Waals surface area (Å²) in [5.74, 6) is 0.0390. The van der Waals surface area contributed by atoms with Crippen molar-refractivity contribution in [3.05, 3.63) is 71.9 Å². The van der Waals surface area contributed by atoms with Crippen LogP contribution in [0.15, 0.2) is 65.8 Å². The zero-order valence-corrected chi connectivity index (χ0v) is 13.8. The Morgan fingerprint density at radius 3 is 2.71 bits per heavy atom. The number of amidine groups is 1. The van der Waals surface area contributed by atoms with Crippen LogP contribution in [0, 0.1) is 0 Å². The number of benzene rings is 2. The number of hydrogen-bond donors (Lipinski definition) is 2. The molecule has 1 saturated heterocycles. The third-order valence-corrected chi connectivity index (χ3v) is 5.22. The summed E-state index contributed by atoms with van der Waals surface area (Å²) >= 11 is 1.52. The molecular formula is C19H17N3OS. The van der Waals surface area contributed by atoms with Crippen molar-refractivity contribution < 1.29 is 4.79 Å². The van der Waals surface area contributed by atoms with Crippen molar-refractivity contribution in [2.24, 2.45) is 4.99 Å². The molecule has 1 atom stereocenters. The monoisotopic (exact) mass is 335 g/mol. The van der Waals surface area contributed by atoms with Crippen LogP contribution in [0.3, 0.4) is 0 Å². The average molecular weight is 335 g/mol.